The zero-order chi connectivity index (χ0) is 21.9. The minimum atomic E-state index is -3.59. The summed E-state index contributed by atoms with van der Waals surface area (Å²) in [5, 5.41) is 11.9. The summed E-state index contributed by atoms with van der Waals surface area (Å²) in [5.74, 6) is 0.483. The van der Waals surface area contributed by atoms with Gasteiger partial charge in [-0.15, -0.1) is 16.4 Å². The van der Waals surface area contributed by atoms with Gasteiger partial charge in [-0.3, -0.25) is 9.89 Å². The number of aromatic amines is 1. The maximum absolute atomic E-state index is 12.7. The molecule has 2 N–H and O–H groups in total. The van der Waals surface area contributed by atoms with Gasteiger partial charge in [-0.2, -0.15) is 0 Å². The number of aryl methyl sites for hydroxylation is 1. The molecule has 1 atom stereocenters. The number of nitrogens with one attached hydrogen (secondary N) is 2. The Bertz CT molecular complexity index is 1120. The number of amides is 1. The van der Waals surface area contributed by atoms with Crippen LogP contribution in [-0.4, -0.2) is 53.2 Å². The number of hydrogen-bond acceptors (Lipinski definition) is 7. The summed E-state index contributed by atoms with van der Waals surface area (Å²) in [5.41, 5.74) is 1.23. The standard InChI is InChI=1S/C19H23N5O3S3/c1-12-7-8-15(30(26,27)24(3)4)11-16(12)20-18(25)13(2)29-19-21-17(22-23-19)10-14-6-5-9-28-14/h5-9,11,13H,10H2,1-4H3,(H,20,25)(H,21,22,23). The number of nitrogens with zero attached hydrogens (tertiary/aromatic N) is 3. The van der Waals surface area contributed by atoms with Crippen LogP contribution in [0.5, 0.6) is 0 Å². The van der Waals surface area contributed by atoms with Gasteiger partial charge in [-0.1, -0.05) is 23.9 Å². The van der Waals surface area contributed by atoms with Gasteiger partial charge in [0.15, 0.2) is 0 Å². The minimum absolute atomic E-state index is 0.126. The van der Waals surface area contributed by atoms with Crippen molar-refractivity contribution in [3.8, 4) is 0 Å². The van der Waals surface area contributed by atoms with Gasteiger partial charge in [0.2, 0.25) is 21.1 Å². The summed E-state index contributed by atoms with van der Waals surface area (Å²) >= 11 is 2.88. The maximum atomic E-state index is 12.7. The summed E-state index contributed by atoms with van der Waals surface area (Å²) < 4.78 is 25.9. The first-order valence-electron chi connectivity index (χ1n) is 9.11. The van der Waals surface area contributed by atoms with E-state index in [9.17, 15) is 13.2 Å². The minimum Gasteiger partial charge on any atom is -0.325 e. The number of anilines is 1. The number of benzene rings is 1. The van der Waals surface area contributed by atoms with E-state index in [2.05, 4.69) is 20.5 Å². The Morgan fingerprint density at radius 1 is 1.33 bits per heavy atom. The highest BCUT2D eigenvalue weighted by Gasteiger charge is 2.21. The average Bonchev–Trinajstić information content (AvgIpc) is 3.35. The summed E-state index contributed by atoms with van der Waals surface area (Å²) in [4.78, 5) is 18.4. The van der Waals surface area contributed by atoms with Crippen molar-refractivity contribution in [2.75, 3.05) is 19.4 Å². The fourth-order valence-electron chi connectivity index (χ4n) is 2.54. The van der Waals surface area contributed by atoms with Crippen molar-refractivity contribution in [3.05, 3.63) is 52.0 Å². The lowest BCUT2D eigenvalue weighted by Crippen LogP contribution is -2.24. The molecule has 0 saturated carbocycles. The molecule has 3 rings (SSSR count). The third-order valence-corrected chi connectivity index (χ3v) is 7.98. The first kappa shape index (κ1) is 22.5. The summed E-state index contributed by atoms with van der Waals surface area (Å²) in [6, 6.07) is 8.70. The maximum Gasteiger partial charge on any atom is 0.242 e. The fraction of sp³-hybridized carbons (Fsp3) is 0.316. The van der Waals surface area contributed by atoms with Crippen molar-refractivity contribution in [2.24, 2.45) is 0 Å². The van der Waals surface area contributed by atoms with Crippen molar-refractivity contribution in [1.29, 1.82) is 0 Å². The Morgan fingerprint density at radius 3 is 2.77 bits per heavy atom. The second kappa shape index (κ2) is 9.29. The first-order chi connectivity index (χ1) is 14.2. The van der Waals surface area contributed by atoms with Crippen molar-refractivity contribution in [3.63, 3.8) is 0 Å². The molecule has 0 aliphatic carbocycles. The molecule has 8 nitrogen and oxygen atoms in total. The lowest BCUT2D eigenvalue weighted by Gasteiger charge is -2.15. The van der Waals surface area contributed by atoms with Crippen LogP contribution in [0, 0.1) is 6.92 Å². The largest absolute Gasteiger partial charge is 0.325 e. The summed E-state index contributed by atoms with van der Waals surface area (Å²) in [6.45, 7) is 3.57. The predicted octanol–water partition coefficient (Wildman–Crippen LogP) is 3.14. The molecule has 0 fully saturated rings. The van der Waals surface area contributed by atoms with E-state index in [0.29, 0.717) is 17.3 Å². The van der Waals surface area contributed by atoms with Crippen molar-refractivity contribution in [2.45, 2.75) is 35.6 Å². The molecular weight excluding hydrogens is 442 g/mol. The predicted molar refractivity (Wildman–Crippen MR) is 120 cm³/mol. The van der Waals surface area contributed by atoms with E-state index < -0.39 is 15.3 Å². The Kier molecular flexibility index (Phi) is 6.96. The molecule has 1 unspecified atom stereocenters. The molecule has 3 aromatic rings. The number of carbonyl (C=O) groups is 1. The van der Waals surface area contributed by atoms with E-state index in [1.165, 1.54) is 42.9 Å². The van der Waals surface area contributed by atoms with E-state index >= 15 is 0 Å². The molecule has 2 heterocycles. The molecule has 2 aromatic heterocycles. The number of thioether (sulfide) groups is 1. The van der Waals surface area contributed by atoms with Gasteiger partial charge in [0, 0.05) is 31.1 Å². The number of rotatable bonds is 8. The number of carbonyl (C=O) groups excluding carboxylic acids is 1. The van der Waals surface area contributed by atoms with Crippen LogP contribution < -0.4 is 5.32 Å². The molecule has 30 heavy (non-hydrogen) atoms. The Labute approximate surface area is 184 Å². The SMILES string of the molecule is Cc1ccc(S(=O)(=O)N(C)C)cc1NC(=O)C(C)Sc1n[nH]c(Cc2cccs2)n1. The quantitative estimate of drug-likeness (QED) is 0.495. The van der Waals surface area contributed by atoms with Crippen LogP contribution in [0.4, 0.5) is 5.69 Å². The second-order valence-corrected chi connectivity index (χ2v) is 11.3. The number of thiophene rings is 1. The second-order valence-electron chi connectivity index (χ2n) is 6.83. The highest BCUT2D eigenvalue weighted by atomic mass is 32.2. The molecule has 0 bridgehead atoms. The van der Waals surface area contributed by atoms with Gasteiger partial charge >= 0.3 is 0 Å². The van der Waals surface area contributed by atoms with Crippen LogP contribution in [0.25, 0.3) is 0 Å². The molecule has 1 amide bonds. The third kappa shape index (κ3) is 5.28. The normalized spacial score (nSPS) is 12.8. The molecule has 0 radical (unpaired) electrons. The Hall–Kier alpha value is -2.21. The van der Waals surface area contributed by atoms with E-state index in [1.54, 1.807) is 24.3 Å². The van der Waals surface area contributed by atoms with Crippen molar-refractivity contribution < 1.29 is 13.2 Å². The van der Waals surface area contributed by atoms with Crippen LogP contribution in [0.1, 0.15) is 23.2 Å². The van der Waals surface area contributed by atoms with Crippen molar-refractivity contribution >= 4 is 44.7 Å². The first-order valence-corrected chi connectivity index (χ1v) is 12.3. The van der Waals surface area contributed by atoms with Gasteiger partial charge < -0.3 is 5.32 Å². The van der Waals surface area contributed by atoms with E-state index in [-0.39, 0.29) is 10.8 Å². The molecule has 0 aliphatic heterocycles. The van der Waals surface area contributed by atoms with E-state index in [4.69, 9.17) is 0 Å². The van der Waals surface area contributed by atoms with Crippen LogP contribution in [0.2, 0.25) is 0 Å². The monoisotopic (exact) mass is 465 g/mol. The number of hydrogen-bond donors (Lipinski definition) is 2. The Balaban J connectivity index is 1.67. The molecule has 0 aliphatic rings. The highest BCUT2D eigenvalue weighted by Crippen LogP contribution is 2.25. The zero-order valence-corrected chi connectivity index (χ0v) is 19.5. The molecule has 0 spiro atoms. The van der Waals surface area contributed by atoms with Gasteiger partial charge in [-0.05, 0) is 43.0 Å². The number of aromatic nitrogens is 3. The molecule has 0 saturated heterocycles. The number of H-pyrrole nitrogens is 1. The summed E-state index contributed by atoms with van der Waals surface area (Å²) in [7, 11) is -0.650. The average molecular weight is 466 g/mol. The van der Waals surface area contributed by atoms with Crippen molar-refractivity contribution in [1.82, 2.24) is 19.5 Å². The van der Waals surface area contributed by atoms with Gasteiger partial charge in [-0.25, -0.2) is 17.7 Å². The summed E-state index contributed by atoms with van der Waals surface area (Å²) in [6.07, 6.45) is 0.665. The Morgan fingerprint density at radius 2 is 2.10 bits per heavy atom. The molecule has 11 heteroatoms. The van der Waals surface area contributed by atoms with E-state index in [1.807, 2.05) is 24.4 Å². The fourth-order valence-corrected chi connectivity index (χ4v) is 4.92. The highest BCUT2D eigenvalue weighted by molar-refractivity contribution is 8.00. The lowest BCUT2D eigenvalue weighted by molar-refractivity contribution is -0.115. The van der Waals surface area contributed by atoms with Gasteiger partial charge in [0.05, 0.1) is 10.1 Å². The van der Waals surface area contributed by atoms with Crippen LogP contribution in [-0.2, 0) is 21.2 Å². The van der Waals surface area contributed by atoms with Gasteiger partial charge in [0.1, 0.15) is 5.82 Å². The van der Waals surface area contributed by atoms with Gasteiger partial charge in [0.25, 0.3) is 0 Å². The van der Waals surface area contributed by atoms with E-state index in [0.717, 1.165) is 15.7 Å². The third-order valence-electron chi connectivity index (χ3n) is 4.33. The number of sulfonamides is 1. The molecule has 160 valence electrons. The molecular formula is C19H23N5O3S3. The zero-order valence-electron chi connectivity index (χ0n) is 17.0. The smallest absolute Gasteiger partial charge is 0.242 e. The lowest BCUT2D eigenvalue weighted by atomic mass is 10.2. The van der Waals surface area contributed by atoms with Crippen LogP contribution in [0.15, 0.2) is 45.8 Å². The molecule has 1 aromatic carbocycles. The topological polar surface area (TPSA) is 108 Å². The van der Waals surface area contributed by atoms with Crippen LogP contribution >= 0.6 is 23.1 Å². The van der Waals surface area contributed by atoms with Crippen LogP contribution in [0.3, 0.4) is 0 Å².